The molecule has 1 fully saturated rings. The number of ether oxygens (including phenoxy) is 1. The molecule has 18 heavy (non-hydrogen) atoms. The van der Waals surface area contributed by atoms with E-state index >= 15 is 0 Å². The third-order valence-corrected chi connectivity index (χ3v) is 3.97. The molecule has 1 saturated carbocycles. The van der Waals surface area contributed by atoms with Crippen LogP contribution in [0.2, 0.25) is 0 Å². The van der Waals surface area contributed by atoms with Gasteiger partial charge in [0.2, 0.25) is 0 Å². The second kappa shape index (κ2) is 5.74. The first-order valence-corrected chi connectivity index (χ1v) is 6.92. The number of nitrogens with zero attached hydrogens (tertiary/aromatic N) is 2. The topological polar surface area (TPSA) is 39.1 Å². The lowest BCUT2D eigenvalue weighted by Gasteiger charge is -2.22. The molecule has 102 valence electrons. The maximum atomic E-state index is 5.45. The summed E-state index contributed by atoms with van der Waals surface area (Å²) in [5.74, 6) is 2.23. The third kappa shape index (κ3) is 2.69. The highest BCUT2D eigenvalue weighted by molar-refractivity contribution is 5.30. The van der Waals surface area contributed by atoms with E-state index in [9.17, 15) is 0 Å². The van der Waals surface area contributed by atoms with Gasteiger partial charge in [0.15, 0.2) is 5.75 Å². The van der Waals surface area contributed by atoms with Gasteiger partial charge in [0, 0.05) is 19.0 Å². The van der Waals surface area contributed by atoms with Crippen LogP contribution in [0.5, 0.6) is 5.75 Å². The second-order valence-corrected chi connectivity index (χ2v) is 5.58. The van der Waals surface area contributed by atoms with Crippen molar-refractivity contribution in [3.63, 3.8) is 0 Å². The molecule has 1 aliphatic carbocycles. The van der Waals surface area contributed by atoms with Crippen LogP contribution in [0.15, 0.2) is 6.20 Å². The van der Waals surface area contributed by atoms with Crippen molar-refractivity contribution < 1.29 is 4.74 Å². The van der Waals surface area contributed by atoms with Crippen LogP contribution in [0.3, 0.4) is 0 Å². The van der Waals surface area contributed by atoms with Gasteiger partial charge < -0.3 is 10.1 Å². The SMILES string of the molecule is COc1cnn(C)c1C1CCCC1CNC(C)C. The normalized spacial score (nSPS) is 23.8. The number of aromatic nitrogens is 2. The number of nitrogens with one attached hydrogen (secondary N) is 1. The van der Waals surface area contributed by atoms with E-state index in [0.29, 0.717) is 17.9 Å². The molecular formula is C14H25N3O. The van der Waals surface area contributed by atoms with Crippen molar-refractivity contribution in [3.8, 4) is 5.75 Å². The van der Waals surface area contributed by atoms with Crippen LogP contribution < -0.4 is 10.1 Å². The Labute approximate surface area is 110 Å². The smallest absolute Gasteiger partial charge is 0.160 e. The Balaban J connectivity index is 2.12. The maximum Gasteiger partial charge on any atom is 0.160 e. The van der Waals surface area contributed by atoms with E-state index in [0.717, 1.165) is 12.3 Å². The van der Waals surface area contributed by atoms with Crippen LogP contribution >= 0.6 is 0 Å². The van der Waals surface area contributed by atoms with E-state index in [1.807, 2.05) is 17.9 Å². The van der Waals surface area contributed by atoms with Crippen molar-refractivity contribution in [2.24, 2.45) is 13.0 Å². The molecular weight excluding hydrogens is 226 g/mol. The Morgan fingerprint density at radius 1 is 1.50 bits per heavy atom. The van der Waals surface area contributed by atoms with Crippen molar-refractivity contribution in [2.45, 2.75) is 45.1 Å². The summed E-state index contributed by atoms with van der Waals surface area (Å²) in [5, 5.41) is 7.90. The van der Waals surface area contributed by atoms with E-state index in [1.54, 1.807) is 7.11 Å². The van der Waals surface area contributed by atoms with E-state index in [4.69, 9.17) is 4.74 Å². The summed E-state index contributed by atoms with van der Waals surface area (Å²) in [6.07, 6.45) is 5.70. The lowest BCUT2D eigenvalue weighted by atomic mass is 9.92. The summed E-state index contributed by atoms with van der Waals surface area (Å²) >= 11 is 0. The highest BCUT2D eigenvalue weighted by atomic mass is 16.5. The standard InChI is InChI=1S/C14H25N3O/c1-10(2)15-8-11-6-5-7-12(11)14-13(18-4)9-16-17(14)3/h9-12,15H,5-8H2,1-4H3. The fraction of sp³-hybridized carbons (Fsp3) is 0.786. The molecule has 0 radical (unpaired) electrons. The van der Waals surface area contributed by atoms with Crippen molar-refractivity contribution in [1.82, 2.24) is 15.1 Å². The summed E-state index contributed by atoms with van der Waals surface area (Å²) in [4.78, 5) is 0. The lowest BCUT2D eigenvalue weighted by molar-refractivity contribution is 0.376. The molecule has 1 N–H and O–H groups in total. The van der Waals surface area contributed by atoms with E-state index in [1.165, 1.54) is 25.0 Å². The van der Waals surface area contributed by atoms with Gasteiger partial charge >= 0.3 is 0 Å². The van der Waals surface area contributed by atoms with Crippen molar-refractivity contribution in [3.05, 3.63) is 11.9 Å². The summed E-state index contributed by atoms with van der Waals surface area (Å²) in [5.41, 5.74) is 1.27. The zero-order chi connectivity index (χ0) is 13.1. The maximum absolute atomic E-state index is 5.45. The predicted octanol–water partition coefficient (Wildman–Crippen LogP) is 2.31. The van der Waals surface area contributed by atoms with Gasteiger partial charge in [0.1, 0.15) is 0 Å². The van der Waals surface area contributed by atoms with Crippen molar-refractivity contribution in [1.29, 1.82) is 0 Å². The van der Waals surface area contributed by atoms with Gasteiger partial charge in [-0.3, -0.25) is 4.68 Å². The third-order valence-electron chi connectivity index (χ3n) is 3.97. The molecule has 1 aromatic rings. The van der Waals surface area contributed by atoms with Gasteiger partial charge in [0.05, 0.1) is 19.0 Å². The fourth-order valence-corrected chi connectivity index (χ4v) is 3.04. The van der Waals surface area contributed by atoms with Gasteiger partial charge in [-0.25, -0.2) is 0 Å². The molecule has 0 bridgehead atoms. The molecule has 2 rings (SSSR count). The minimum absolute atomic E-state index is 0.555. The largest absolute Gasteiger partial charge is 0.493 e. The zero-order valence-electron chi connectivity index (χ0n) is 11.9. The Morgan fingerprint density at radius 2 is 2.28 bits per heavy atom. The van der Waals surface area contributed by atoms with E-state index in [-0.39, 0.29) is 0 Å². The number of hydrogen-bond donors (Lipinski definition) is 1. The van der Waals surface area contributed by atoms with Crippen LogP contribution in [0.1, 0.15) is 44.7 Å². The van der Waals surface area contributed by atoms with Gasteiger partial charge in [-0.2, -0.15) is 5.10 Å². The summed E-state index contributed by atoms with van der Waals surface area (Å²) in [6.45, 7) is 5.50. The van der Waals surface area contributed by atoms with Crippen LogP contribution in [0, 0.1) is 5.92 Å². The van der Waals surface area contributed by atoms with E-state index < -0.39 is 0 Å². The summed E-state index contributed by atoms with van der Waals surface area (Å²) in [7, 11) is 3.75. The van der Waals surface area contributed by atoms with E-state index in [2.05, 4.69) is 24.3 Å². The summed E-state index contributed by atoms with van der Waals surface area (Å²) in [6, 6.07) is 0.555. The molecule has 1 heterocycles. The molecule has 0 saturated heterocycles. The van der Waals surface area contributed by atoms with Crippen molar-refractivity contribution >= 4 is 0 Å². The average molecular weight is 251 g/mol. The Hall–Kier alpha value is -1.03. The fourth-order valence-electron chi connectivity index (χ4n) is 3.04. The number of rotatable bonds is 5. The molecule has 1 aromatic heterocycles. The Bertz CT molecular complexity index is 386. The number of aryl methyl sites for hydroxylation is 1. The monoisotopic (exact) mass is 251 g/mol. The second-order valence-electron chi connectivity index (χ2n) is 5.58. The van der Waals surface area contributed by atoms with Gasteiger partial charge in [0.25, 0.3) is 0 Å². The van der Waals surface area contributed by atoms with Gasteiger partial charge in [-0.15, -0.1) is 0 Å². The lowest BCUT2D eigenvalue weighted by Crippen LogP contribution is -2.30. The summed E-state index contributed by atoms with van der Waals surface area (Å²) < 4.78 is 7.43. The molecule has 2 atom stereocenters. The molecule has 0 aromatic carbocycles. The minimum atomic E-state index is 0.555. The first-order chi connectivity index (χ1) is 8.63. The first-order valence-electron chi connectivity index (χ1n) is 6.92. The Kier molecular flexibility index (Phi) is 4.27. The van der Waals surface area contributed by atoms with Crippen LogP contribution in [-0.2, 0) is 7.05 Å². The van der Waals surface area contributed by atoms with Crippen molar-refractivity contribution in [2.75, 3.05) is 13.7 Å². The van der Waals surface area contributed by atoms with Gasteiger partial charge in [-0.05, 0) is 25.3 Å². The predicted molar refractivity (Wildman–Crippen MR) is 73.0 cm³/mol. The van der Waals surface area contributed by atoms with Crippen LogP contribution in [-0.4, -0.2) is 29.5 Å². The first kappa shape index (κ1) is 13.4. The molecule has 0 amide bonds. The molecule has 0 aliphatic heterocycles. The molecule has 1 aliphatic rings. The molecule has 2 unspecified atom stereocenters. The molecule has 4 heteroatoms. The molecule has 0 spiro atoms. The number of hydrogen-bond acceptors (Lipinski definition) is 3. The average Bonchev–Trinajstić information content (AvgIpc) is 2.91. The highest BCUT2D eigenvalue weighted by Crippen LogP contribution is 2.42. The van der Waals surface area contributed by atoms with Gasteiger partial charge in [-0.1, -0.05) is 20.3 Å². The highest BCUT2D eigenvalue weighted by Gasteiger charge is 2.32. The minimum Gasteiger partial charge on any atom is -0.493 e. The van der Waals surface area contributed by atoms with Crippen LogP contribution in [0.4, 0.5) is 0 Å². The Morgan fingerprint density at radius 3 is 2.94 bits per heavy atom. The quantitative estimate of drug-likeness (QED) is 0.873. The number of methoxy groups -OCH3 is 1. The zero-order valence-corrected chi connectivity index (χ0v) is 11.9. The molecule has 4 nitrogen and oxygen atoms in total. The van der Waals surface area contributed by atoms with Crippen LogP contribution in [0.25, 0.3) is 0 Å².